The zero-order chi connectivity index (χ0) is 15.4. The zero-order valence-electron chi connectivity index (χ0n) is 11.8. The summed E-state index contributed by atoms with van der Waals surface area (Å²) < 4.78 is 13.7. The van der Waals surface area contributed by atoms with Crippen LogP contribution in [0.15, 0.2) is 24.3 Å². The third-order valence-corrected chi connectivity index (χ3v) is 3.17. The monoisotopic (exact) mass is 295 g/mol. The molecule has 1 aliphatic heterocycles. The van der Waals surface area contributed by atoms with Crippen molar-refractivity contribution >= 4 is 17.6 Å². The lowest BCUT2D eigenvalue weighted by atomic mass is 10.3. The Balaban J connectivity index is 1.96. The largest absolute Gasteiger partial charge is 0.392 e. The first-order valence-corrected chi connectivity index (χ1v) is 6.74. The molecule has 3 amide bonds. The van der Waals surface area contributed by atoms with Gasteiger partial charge < -0.3 is 15.3 Å². The standard InChI is InChI=1S/C14H18FN3O3/c1-10(19)8-16-13(20)9-17-6-7-18(14(17)21)12-5-3-2-4-11(12)15/h2-5,10,19H,6-9H2,1H3,(H,16,20). The molecule has 0 radical (unpaired) electrons. The molecule has 0 bridgehead atoms. The first kappa shape index (κ1) is 15.2. The molecule has 1 aromatic carbocycles. The number of amides is 3. The molecule has 1 heterocycles. The Hall–Kier alpha value is -2.15. The molecule has 0 spiro atoms. The van der Waals surface area contributed by atoms with Crippen LogP contribution in [0.3, 0.4) is 0 Å². The van der Waals surface area contributed by atoms with Crippen LogP contribution < -0.4 is 10.2 Å². The van der Waals surface area contributed by atoms with Crippen LogP contribution in [-0.4, -0.2) is 54.2 Å². The van der Waals surface area contributed by atoms with Crippen molar-refractivity contribution in [3.63, 3.8) is 0 Å². The highest BCUT2D eigenvalue weighted by Gasteiger charge is 2.32. The Morgan fingerprint density at radius 1 is 1.43 bits per heavy atom. The maximum absolute atomic E-state index is 13.7. The van der Waals surface area contributed by atoms with Crippen LogP contribution in [0, 0.1) is 5.82 Å². The minimum absolute atomic E-state index is 0.101. The van der Waals surface area contributed by atoms with Crippen LogP contribution in [0.25, 0.3) is 0 Å². The summed E-state index contributed by atoms with van der Waals surface area (Å²) >= 11 is 0. The van der Waals surface area contributed by atoms with Crippen molar-refractivity contribution < 1.29 is 19.1 Å². The van der Waals surface area contributed by atoms with Crippen molar-refractivity contribution in [1.29, 1.82) is 0 Å². The predicted octanol–water partition coefficient (Wildman–Crippen LogP) is 0.565. The molecule has 114 valence electrons. The average Bonchev–Trinajstić information content (AvgIpc) is 2.79. The Labute approximate surface area is 122 Å². The molecule has 2 rings (SSSR count). The molecule has 1 unspecified atom stereocenters. The maximum Gasteiger partial charge on any atom is 0.325 e. The molecule has 0 saturated carbocycles. The average molecular weight is 295 g/mol. The van der Waals surface area contributed by atoms with E-state index in [9.17, 15) is 14.0 Å². The molecular formula is C14H18FN3O3. The number of aliphatic hydroxyl groups excluding tert-OH is 1. The summed E-state index contributed by atoms with van der Waals surface area (Å²) in [5.41, 5.74) is 0.217. The summed E-state index contributed by atoms with van der Waals surface area (Å²) in [6.45, 7) is 2.29. The first-order valence-electron chi connectivity index (χ1n) is 6.74. The normalized spacial score (nSPS) is 16.2. The van der Waals surface area contributed by atoms with Crippen molar-refractivity contribution in [2.24, 2.45) is 0 Å². The van der Waals surface area contributed by atoms with Gasteiger partial charge in [-0.05, 0) is 19.1 Å². The Morgan fingerprint density at radius 2 is 2.14 bits per heavy atom. The summed E-state index contributed by atoms with van der Waals surface area (Å²) in [5.74, 6) is -0.814. The van der Waals surface area contributed by atoms with Gasteiger partial charge >= 0.3 is 6.03 Å². The number of hydrogen-bond donors (Lipinski definition) is 2. The maximum atomic E-state index is 13.7. The van der Waals surface area contributed by atoms with Gasteiger partial charge in [-0.3, -0.25) is 9.69 Å². The number of nitrogens with zero attached hydrogens (tertiary/aromatic N) is 2. The minimum Gasteiger partial charge on any atom is -0.392 e. The lowest BCUT2D eigenvalue weighted by molar-refractivity contribution is -0.121. The smallest absolute Gasteiger partial charge is 0.325 e. The molecule has 1 atom stereocenters. The number of nitrogens with one attached hydrogen (secondary N) is 1. The molecule has 1 saturated heterocycles. The van der Waals surface area contributed by atoms with Crippen LogP contribution in [0.2, 0.25) is 0 Å². The number of anilines is 1. The van der Waals surface area contributed by atoms with Crippen LogP contribution in [0.1, 0.15) is 6.92 Å². The quantitative estimate of drug-likeness (QED) is 0.834. The number of carbonyl (C=O) groups is 2. The fraction of sp³-hybridized carbons (Fsp3) is 0.429. The second kappa shape index (κ2) is 6.53. The fourth-order valence-electron chi connectivity index (χ4n) is 2.11. The van der Waals surface area contributed by atoms with E-state index in [1.54, 1.807) is 19.1 Å². The highest BCUT2D eigenvalue weighted by atomic mass is 19.1. The first-order chi connectivity index (χ1) is 9.99. The van der Waals surface area contributed by atoms with Gasteiger partial charge in [0.05, 0.1) is 11.8 Å². The number of para-hydroxylation sites is 1. The van der Waals surface area contributed by atoms with Crippen LogP contribution in [0.5, 0.6) is 0 Å². The zero-order valence-corrected chi connectivity index (χ0v) is 11.8. The highest BCUT2D eigenvalue weighted by molar-refractivity contribution is 5.96. The minimum atomic E-state index is -0.641. The SMILES string of the molecule is CC(O)CNC(=O)CN1CCN(c2ccccc2F)C1=O. The van der Waals surface area contributed by atoms with E-state index in [0.29, 0.717) is 13.1 Å². The van der Waals surface area contributed by atoms with Gasteiger partial charge in [0.15, 0.2) is 0 Å². The van der Waals surface area contributed by atoms with Crippen molar-refractivity contribution in [1.82, 2.24) is 10.2 Å². The number of halogens is 1. The van der Waals surface area contributed by atoms with Gasteiger partial charge in [0, 0.05) is 19.6 Å². The molecule has 1 fully saturated rings. The van der Waals surface area contributed by atoms with Gasteiger partial charge in [-0.1, -0.05) is 12.1 Å². The van der Waals surface area contributed by atoms with E-state index < -0.39 is 18.0 Å². The molecule has 21 heavy (non-hydrogen) atoms. The van der Waals surface area contributed by atoms with Crippen LogP contribution in [0.4, 0.5) is 14.9 Å². The van der Waals surface area contributed by atoms with Gasteiger partial charge in [0.2, 0.25) is 5.91 Å². The van der Waals surface area contributed by atoms with Gasteiger partial charge in [-0.15, -0.1) is 0 Å². The topological polar surface area (TPSA) is 72.9 Å². The summed E-state index contributed by atoms with van der Waals surface area (Å²) in [6.07, 6.45) is -0.641. The van der Waals surface area contributed by atoms with Crippen molar-refractivity contribution in [3.8, 4) is 0 Å². The fourth-order valence-corrected chi connectivity index (χ4v) is 2.11. The van der Waals surface area contributed by atoms with Gasteiger partial charge in [0.1, 0.15) is 12.4 Å². The van der Waals surface area contributed by atoms with E-state index in [4.69, 9.17) is 5.11 Å². The number of carbonyl (C=O) groups excluding carboxylic acids is 2. The van der Waals surface area contributed by atoms with E-state index in [2.05, 4.69) is 5.32 Å². The molecule has 6 nitrogen and oxygen atoms in total. The third kappa shape index (κ3) is 3.69. The molecule has 0 aromatic heterocycles. The number of aliphatic hydroxyl groups is 1. The van der Waals surface area contributed by atoms with E-state index in [-0.39, 0.29) is 24.7 Å². The second-order valence-corrected chi connectivity index (χ2v) is 4.96. The lowest BCUT2D eigenvalue weighted by Crippen LogP contribution is -2.41. The Morgan fingerprint density at radius 3 is 2.81 bits per heavy atom. The lowest BCUT2D eigenvalue weighted by Gasteiger charge is -2.19. The van der Waals surface area contributed by atoms with E-state index >= 15 is 0 Å². The number of urea groups is 1. The molecular weight excluding hydrogens is 277 g/mol. The third-order valence-electron chi connectivity index (χ3n) is 3.17. The summed E-state index contributed by atoms with van der Waals surface area (Å²) in [6, 6.07) is 5.64. The molecule has 1 aromatic rings. The molecule has 2 N–H and O–H groups in total. The summed E-state index contributed by atoms with van der Waals surface area (Å²) in [7, 11) is 0. The van der Waals surface area contributed by atoms with Crippen molar-refractivity contribution in [2.75, 3.05) is 31.1 Å². The molecule has 0 aliphatic carbocycles. The molecule has 7 heteroatoms. The van der Waals surface area contributed by atoms with Gasteiger partial charge in [-0.2, -0.15) is 0 Å². The van der Waals surface area contributed by atoms with Crippen molar-refractivity contribution in [2.45, 2.75) is 13.0 Å². The predicted molar refractivity (Wildman–Crippen MR) is 75.4 cm³/mol. The number of benzene rings is 1. The van der Waals surface area contributed by atoms with E-state index in [1.165, 1.54) is 21.9 Å². The van der Waals surface area contributed by atoms with Gasteiger partial charge in [0.25, 0.3) is 0 Å². The van der Waals surface area contributed by atoms with Gasteiger partial charge in [-0.25, -0.2) is 9.18 Å². The number of hydrogen-bond acceptors (Lipinski definition) is 3. The summed E-state index contributed by atoms with van der Waals surface area (Å²) in [5, 5.41) is 11.6. The van der Waals surface area contributed by atoms with Crippen LogP contribution >= 0.6 is 0 Å². The Bertz CT molecular complexity index is 536. The van der Waals surface area contributed by atoms with E-state index in [0.717, 1.165) is 0 Å². The number of rotatable bonds is 5. The van der Waals surface area contributed by atoms with Crippen LogP contribution in [-0.2, 0) is 4.79 Å². The summed E-state index contributed by atoms with van der Waals surface area (Å²) in [4.78, 5) is 26.5. The highest BCUT2D eigenvalue weighted by Crippen LogP contribution is 2.23. The molecule has 1 aliphatic rings. The Kier molecular flexibility index (Phi) is 4.74. The second-order valence-electron chi connectivity index (χ2n) is 4.96. The van der Waals surface area contributed by atoms with Crippen molar-refractivity contribution in [3.05, 3.63) is 30.1 Å². The van der Waals surface area contributed by atoms with E-state index in [1.807, 2.05) is 0 Å².